The first-order valence-corrected chi connectivity index (χ1v) is 7.34. The zero-order chi connectivity index (χ0) is 15.2. The lowest BCUT2D eigenvalue weighted by Crippen LogP contribution is -2.45. The first-order valence-electron chi connectivity index (χ1n) is 7.34. The van der Waals surface area contributed by atoms with Crippen LogP contribution in [0.25, 0.3) is 0 Å². The van der Waals surface area contributed by atoms with Gasteiger partial charge in [-0.25, -0.2) is 9.18 Å². The number of benzene rings is 1. The molecular weight excluding hydrogens is 273 g/mol. The molecule has 1 aromatic rings. The third-order valence-corrected chi connectivity index (χ3v) is 3.83. The van der Waals surface area contributed by atoms with Crippen LogP contribution in [0, 0.1) is 5.82 Å². The summed E-state index contributed by atoms with van der Waals surface area (Å²) >= 11 is 0. The number of amides is 1. The van der Waals surface area contributed by atoms with Gasteiger partial charge in [0.15, 0.2) is 6.61 Å². The average molecular weight is 293 g/mol. The number of ether oxygens (including phenoxy) is 1. The van der Waals surface area contributed by atoms with Gasteiger partial charge in [-0.05, 0) is 49.9 Å². The second-order valence-corrected chi connectivity index (χ2v) is 5.23. The summed E-state index contributed by atoms with van der Waals surface area (Å²) in [6, 6.07) is 5.32. The lowest BCUT2D eigenvalue weighted by atomic mass is 10.00. The van der Waals surface area contributed by atoms with E-state index in [-0.39, 0.29) is 24.1 Å². The van der Waals surface area contributed by atoms with Crippen molar-refractivity contribution in [3.05, 3.63) is 35.6 Å². The molecule has 1 atom stereocenters. The summed E-state index contributed by atoms with van der Waals surface area (Å²) in [7, 11) is 0. The summed E-state index contributed by atoms with van der Waals surface area (Å²) in [6.45, 7) is 2.53. The summed E-state index contributed by atoms with van der Waals surface area (Å²) in [5, 5.41) is 0. The third kappa shape index (κ3) is 4.03. The number of carbonyl (C=O) groups excluding carboxylic acids is 2. The molecule has 1 aliphatic heterocycles. The van der Waals surface area contributed by atoms with Gasteiger partial charge in [0.1, 0.15) is 5.82 Å². The largest absolute Gasteiger partial charge is 0.452 e. The van der Waals surface area contributed by atoms with Crippen molar-refractivity contribution in [1.29, 1.82) is 0 Å². The van der Waals surface area contributed by atoms with Gasteiger partial charge < -0.3 is 9.64 Å². The molecule has 2 rings (SSSR count). The first-order chi connectivity index (χ1) is 10.1. The van der Waals surface area contributed by atoms with Crippen molar-refractivity contribution in [2.75, 3.05) is 13.2 Å². The molecule has 1 unspecified atom stereocenters. The summed E-state index contributed by atoms with van der Waals surface area (Å²) < 4.78 is 17.8. The number of piperidine rings is 1. The molecule has 4 nitrogen and oxygen atoms in total. The highest BCUT2D eigenvalue weighted by Gasteiger charge is 2.25. The Hall–Kier alpha value is -1.91. The van der Waals surface area contributed by atoms with Crippen LogP contribution in [0.2, 0.25) is 0 Å². The Morgan fingerprint density at radius 1 is 1.29 bits per heavy atom. The van der Waals surface area contributed by atoms with Crippen molar-refractivity contribution < 1.29 is 18.7 Å². The maximum atomic E-state index is 12.8. The van der Waals surface area contributed by atoms with Crippen LogP contribution >= 0.6 is 0 Å². The third-order valence-electron chi connectivity index (χ3n) is 3.83. The van der Waals surface area contributed by atoms with Gasteiger partial charge in [-0.1, -0.05) is 6.92 Å². The molecule has 1 fully saturated rings. The summed E-state index contributed by atoms with van der Waals surface area (Å²) in [4.78, 5) is 25.7. The van der Waals surface area contributed by atoms with Crippen molar-refractivity contribution in [2.24, 2.45) is 0 Å². The van der Waals surface area contributed by atoms with Gasteiger partial charge in [-0.15, -0.1) is 0 Å². The predicted octanol–water partition coefficient (Wildman–Crippen LogP) is 2.77. The fourth-order valence-corrected chi connectivity index (χ4v) is 2.63. The van der Waals surface area contributed by atoms with Crippen LogP contribution in [0.1, 0.15) is 43.0 Å². The molecule has 1 saturated heterocycles. The van der Waals surface area contributed by atoms with Crippen molar-refractivity contribution in [3.8, 4) is 0 Å². The summed E-state index contributed by atoms with van der Waals surface area (Å²) in [5.41, 5.74) is 0.245. The van der Waals surface area contributed by atoms with Crippen LogP contribution in [-0.2, 0) is 9.53 Å². The van der Waals surface area contributed by atoms with Crippen LogP contribution in [0.3, 0.4) is 0 Å². The lowest BCUT2D eigenvalue weighted by Gasteiger charge is -2.35. The second kappa shape index (κ2) is 7.20. The topological polar surface area (TPSA) is 46.6 Å². The molecule has 0 bridgehead atoms. The average Bonchev–Trinajstić information content (AvgIpc) is 2.52. The first kappa shape index (κ1) is 15.5. The highest BCUT2D eigenvalue weighted by atomic mass is 19.1. The molecule has 114 valence electrons. The van der Waals surface area contributed by atoms with E-state index in [0.717, 1.165) is 32.2 Å². The van der Waals surface area contributed by atoms with E-state index >= 15 is 0 Å². The highest BCUT2D eigenvalue weighted by Crippen LogP contribution is 2.19. The molecule has 1 aliphatic rings. The Morgan fingerprint density at radius 2 is 2.00 bits per heavy atom. The normalized spacial score (nSPS) is 18.4. The number of halogens is 1. The summed E-state index contributed by atoms with van der Waals surface area (Å²) in [6.07, 6.45) is 4.05. The van der Waals surface area contributed by atoms with Gasteiger partial charge in [-0.2, -0.15) is 0 Å². The number of carbonyl (C=O) groups is 2. The zero-order valence-electron chi connectivity index (χ0n) is 12.2. The van der Waals surface area contributed by atoms with Gasteiger partial charge in [0, 0.05) is 12.6 Å². The number of esters is 1. The molecule has 0 aromatic heterocycles. The minimum Gasteiger partial charge on any atom is -0.452 e. The Labute approximate surface area is 123 Å². The zero-order valence-corrected chi connectivity index (χ0v) is 12.2. The molecule has 21 heavy (non-hydrogen) atoms. The Bertz CT molecular complexity index is 501. The van der Waals surface area contributed by atoms with Crippen LogP contribution in [0.5, 0.6) is 0 Å². The van der Waals surface area contributed by atoms with Crippen molar-refractivity contribution in [1.82, 2.24) is 4.90 Å². The van der Waals surface area contributed by atoms with Gasteiger partial charge >= 0.3 is 5.97 Å². The quantitative estimate of drug-likeness (QED) is 0.802. The molecule has 0 spiro atoms. The molecule has 5 heteroatoms. The SMILES string of the molecule is CCC1CCCCN1C(=O)COC(=O)c1ccc(F)cc1. The molecule has 0 N–H and O–H groups in total. The van der Waals surface area contributed by atoms with Crippen LogP contribution < -0.4 is 0 Å². The van der Waals surface area contributed by atoms with E-state index in [0.29, 0.717) is 0 Å². The molecular formula is C16H20FNO3. The van der Waals surface area contributed by atoms with Gasteiger partial charge in [0.25, 0.3) is 5.91 Å². The van der Waals surface area contributed by atoms with Crippen molar-refractivity contribution in [3.63, 3.8) is 0 Å². The maximum absolute atomic E-state index is 12.8. The molecule has 1 heterocycles. The molecule has 1 aromatic carbocycles. The van der Waals surface area contributed by atoms with Gasteiger partial charge in [0.2, 0.25) is 0 Å². The van der Waals surface area contributed by atoms with Crippen molar-refractivity contribution in [2.45, 2.75) is 38.6 Å². The summed E-state index contributed by atoms with van der Waals surface area (Å²) in [5.74, 6) is -1.17. The fraction of sp³-hybridized carbons (Fsp3) is 0.500. The van der Waals surface area contributed by atoms with Crippen LogP contribution in [0.15, 0.2) is 24.3 Å². The monoisotopic (exact) mass is 293 g/mol. The Morgan fingerprint density at radius 3 is 2.67 bits per heavy atom. The van der Waals surface area contributed by atoms with Gasteiger partial charge in [0.05, 0.1) is 5.56 Å². The molecule has 0 saturated carbocycles. The van der Waals surface area contributed by atoms with E-state index in [1.165, 1.54) is 24.3 Å². The maximum Gasteiger partial charge on any atom is 0.338 e. The molecule has 0 radical (unpaired) electrons. The van der Waals surface area contributed by atoms with E-state index < -0.39 is 11.8 Å². The predicted molar refractivity (Wildman–Crippen MR) is 76.3 cm³/mol. The van der Waals surface area contributed by atoms with E-state index in [4.69, 9.17) is 4.74 Å². The smallest absolute Gasteiger partial charge is 0.338 e. The minimum absolute atomic E-state index is 0.156. The minimum atomic E-state index is -0.603. The Kier molecular flexibility index (Phi) is 5.31. The van der Waals surface area contributed by atoms with E-state index in [9.17, 15) is 14.0 Å². The van der Waals surface area contributed by atoms with E-state index in [1.807, 2.05) is 0 Å². The number of rotatable bonds is 4. The van der Waals surface area contributed by atoms with E-state index in [2.05, 4.69) is 6.92 Å². The van der Waals surface area contributed by atoms with E-state index in [1.54, 1.807) is 4.90 Å². The van der Waals surface area contributed by atoms with Crippen LogP contribution in [-0.4, -0.2) is 36.0 Å². The fourth-order valence-electron chi connectivity index (χ4n) is 2.63. The molecule has 1 amide bonds. The number of hydrogen-bond acceptors (Lipinski definition) is 3. The number of likely N-dealkylation sites (tertiary alicyclic amines) is 1. The lowest BCUT2D eigenvalue weighted by molar-refractivity contribution is -0.138. The van der Waals surface area contributed by atoms with Gasteiger partial charge in [-0.3, -0.25) is 4.79 Å². The highest BCUT2D eigenvalue weighted by molar-refractivity contribution is 5.91. The molecule has 0 aliphatic carbocycles. The standard InChI is InChI=1S/C16H20FNO3/c1-2-14-5-3-4-10-18(14)15(19)11-21-16(20)12-6-8-13(17)9-7-12/h6-9,14H,2-5,10-11H2,1H3. The van der Waals surface area contributed by atoms with Crippen LogP contribution in [0.4, 0.5) is 4.39 Å². The number of hydrogen-bond donors (Lipinski definition) is 0. The second-order valence-electron chi connectivity index (χ2n) is 5.23. The number of nitrogens with zero attached hydrogens (tertiary/aromatic N) is 1. The van der Waals surface area contributed by atoms with Crippen molar-refractivity contribution >= 4 is 11.9 Å². The Balaban J connectivity index is 1.88.